The van der Waals surface area contributed by atoms with Crippen LogP contribution in [0.3, 0.4) is 0 Å². The van der Waals surface area contributed by atoms with Gasteiger partial charge in [0.15, 0.2) is 5.13 Å². The summed E-state index contributed by atoms with van der Waals surface area (Å²) >= 11 is 1.64. The van der Waals surface area contributed by atoms with Gasteiger partial charge in [0.2, 0.25) is 6.41 Å². The SMILES string of the molecule is COc1ccccc1-c1csc(N[C@H]2CC[C@H](CN(C=O)C(C)C)CC2)n1. The summed E-state index contributed by atoms with van der Waals surface area (Å²) in [7, 11) is 1.69. The summed E-state index contributed by atoms with van der Waals surface area (Å²) < 4.78 is 5.44. The molecule has 1 aliphatic rings. The predicted molar refractivity (Wildman–Crippen MR) is 111 cm³/mol. The second-order valence-corrected chi connectivity index (χ2v) is 8.35. The summed E-state index contributed by atoms with van der Waals surface area (Å²) in [5.74, 6) is 1.45. The van der Waals surface area contributed by atoms with E-state index in [4.69, 9.17) is 9.72 Å². The number of thiazole rings is 1. The molecule has 6 heteroatoms. The molecule has 0 aliphatic heterocycles. The van der Waals surface area contributed by atoms with Gasteiger partial charge in [-0.2, -0.15) is 0 Å². The Morgan fingerprint density at radius 2 is 2.04 bits per heavy atom. The second-order valence-electron chi connectivity index (χ2n) is 7.50. The van der Waals surface area contributed by atoms with E-state index in [0.717, 1.165) is 60.8 Å². The van der Waals surface area contributed by atoms with Crippen molar-refractivity contribution in [3.05, 3.63) is 29.6 Å². The fourth-order valence-electron chi connectivity index (χ4n) is 3.66. The summed E-state index contributed by atoms with van der Waals surface area (Å²) in [5, 5.41) is 6.65. The van der Waals surface area contributed by atoms with Crippen molar-refractivity contribution in [2.75, 3.05) is 19.0 Å². The summed E-state index contributed by atoms with van der Waals surface area (Å²) in [4.78, 5) is 17.9. The van der Waals surface area contributed by atoms with Crippen LogP contribution >= 0.6 is 11.3 Å². The summed E-state index contributed by atoms with van der Waals surface area (Å²) in [6.45, 7) is 5.02. The molecule has 0 unspecified atom stereocenters. The van der Waals surface area contributed by atoms with Gasteiger partial charge in [0, 0.05) is 29.6 Å². The normalized spacial score (nSPS) is 19.7. The molecule has 1 aliphatic carbocycles. The number of rotatable bonds is 8. The molecule has 0 radical (unpaired) electrons. The van der Waals surface area contributed by atoms with Crippen LogP contribution in [0.2, 0.25) is 0 Å². The minimum absolute atomic E-state index is 0.280. The van der Waals surface area contributed by atoms with E-state index >= 15 is 0 Å². The Morgan fingerprint density at radius 3 is 2.70 bits per heavy atom. The number of ether oxygens (including phenoxy) is 1. The maximum atomic E-state index is 11.2. The van der Waals surface area contributed by atoms with E-state index in [1.165, 1.54) is 0 Å². The highest BCUT2D eigenvalue weighted by Crippen LogP contribution is 2.33. The Morgan fingerprint density at radius 1 is 1.30 bits per heavy atom. The molecule has 0 bridgehead atoms. The number of aromatic nitrogens is 1. The van der Waals surface area contributed by atoms with E-state index in [9.17, 15) is 4.79 Å². The zero-order valence-electron chi connectivity index (χ0n) is 16.4. The topological polar surface area (TPSA) is 54.5 Å². The van der Waals surface area contributed by atoms with Crippen molar-refractivity contribution >= 4 is 22.9 Å². The Labute approximate surface area is 165 Å². The molecular formula is C21H29N3O2S. The average Bonchev–Trinajstić information content (AvgIpc) is 3.15. The zero-order valence-corrected chi connectivity index (χ0v) is 17.2. The molecule has 1 saturated carbocycles. The summed E-state index contributed by atoms with van der Waals surface area (Å²) in [6, 6.07) is 8.71. The van der Waals surface area contributed by atoms with E-state index < -0.39 is 0 Å². The van der Waals surface area contributed by atoms with Crippen LogP contribution in [-0.2, 0) is 4.79 Å². The number of carbonyl (C=O) groups is 1. The molecule has 3 rings (SSSR count). The lowest BCUT2D eigenvalue weighted by atomic mass is 9.85. The van der Waals surface area contributed by atoms with Crippen LogP contribution in [0.25, 0.3) is 11.3 Å². The largest absolute Gasteiger partial charge is 0.496 e. The van der Waals surface area contributed by atoms with E-state index in [-0.39, 0.29) is 6.04 Å². The Kier molecular flexibility index (Phi) is 6.72. The smallest absolute Gasteiger partial charge is 0.209 e. The number of hydrogen-bond acceptors (Lipinski definition) is 5. The number of carbonyl (C=O) groups excluding carboxylic acids is 1. The minimum atomic E-state index is 0.280. The van der Waals surface area contributed by atoms with Gasteiger partial charge in [0.25, 0.3) is 0 Å². The molecule has 1 aromatic carbocycles. The predicted octanol–water partition coefficient (Wildman–Crippen LogP) is 4.66. The third-order valence-electron chi connectivity index (χ3n) is 5.33. The van der Waals surface area contributed by atoms with Crippen LogP contribution in [0, 0.1) is 5.92 Å². The maximum absolute atomic E-state index is 11.2. The molecule has 27 heavy (non-hydrogen) atoms. The molecule has 0 atom stereocenters. The molecule has 146 valence electrons. The summed E-state index contributed by atoms with van der Waals surface area (Å²) in [5.41, 5.74) is 1.97. The van der Waals surface area contributed by atoms with Crippen LogP contribution in [-0.4, -0.2) is 42.0 Å². The Bertz CT molecular complexity index is 739. The highest BCUT2D eigenvalue weighted by molar-refractivity contribution is 7.14. The lowest BCUT2D eigenvalue weighted by Crippen LogP contribution is -2.37. The van der Waals surface area contributed by atoms with Crippen LogP contribution in [0.15, 0.2) is 29.6 Å². The third kappa shape index (κ3) is 5.01. The van der Waals surface area contributed by atoms with Crippen molar-refractivity contribution in [3.63, 3.8) is 0 Å². The lowest BCUT2D eigenvalue weighted by Gasteiger charge is -2.33. The van der Waals surface area contributed by atoms with Gasteiger partial charge in [-0.05, 0) is 57.6 Å². The molecule has 1 amide bonds. The molecular weight excluding hydrogens is 358 g/mol. The van der Waals surface area contributed by atoms with Crippen molar-refractivity contribution in [3.8, 4) is 17.0 Å². The molecule has 0 spiro atoms. The first-order valence-electron chi connectivity index (χ1n) is 9.67. The van der Waals surface area contributed by atoms with Crippen LogP contribution in [0.1, 0.15) is 39.5 Å². The van der Waals surface area contributed by atoms with Crippen molar-refractivity contribution in [2.45, 2.75) is 51.6 Å². The van der Waals surface area contributed by atoms with Crippen molar-refractivity contribution in [1.29, 1.82) is 0 Å². The number of benzene rings is 1. The van der Waals surface area contributed by atoms with E-state index in [0.29, 0.717) is 12.0 Å². The van der Waals surface area contributed by atoms with Crippen LogP contribution < -0.4 is 10.1 Å². The van der Waals surface area contributed by atoms with Gasteiger partial charge in [0.1, 0.15) is 5.75 Å². The number of methoxy groups -OCH3 is 1. The second kappa shape index (κ2) is 9.22. The molecule has 1 heterocycles. The van der Waals surface area contributed by atoms with Gasteiger partial charge in [0.05, 0.1) is 12.8 Å². The number of nitrogens with one attached hydrogen (secondary N) is 1. The Balaban J connectivity index is 1.54. The number of anilines is 1. The standard InChI is InChI=1S/C21H29N3O2S/c1-15(2)24(14-25)12-16-8-10-17(11-9-16)22-21-23-19(13-27-21)18-6-4-5-7-20(18)26-3/h4-7,13-17H,8-12H2,1-3H3,(H,22,23)/t16-,17-. The number of hydrogen-bond donors (Lipinski definition) is 1. The number of nitrogens with zero attached hydrogens (tertiary/aromatic N) is 2. The quantitative estimate of drug-likeness (QED) is 0.670. The van der Waals surface area contributed by atoms with Gasteiger partial charge in [-0.3, -0.25) is 4.79 Å². The van der Waals surface area contributed by atoms with Gasteiger partial charge < -0.3 is 15.0 Å². The zero-order chi connectivity index (χ0) is 19.2. The van der Waals surface area contributed by atoms with E-state index in [1.807, 2.05) is 29.2 Å². The molecule has 1 aromatic heterocycles. The van der Waals surface area contributed by atoms with Gasteiger partial charge in [-0.1, -0.05) is 12.1 Å². The minimum Gasteiger partial charge on any atom is -0.496 e. The molecule has 1 fully saturated rings. The van der Waals surface area contributed by atoms with Crippen molar-refractivity contribution in [1.82, 2.24) is 9.88 Å². The first kappa shape index (κ1) is 19.7. The molecule has 0 saturated heterocycles. The lowest BCUT2D eigenvalue weighted by molar-refractivity contribution is -0.120. The third-order valence-corrected chi connectivity index (χ3v) is 6.10. The van der Waals surface area contributed by atoms with Gasteiger partial charge in [-0.15, -0.1) is 11.3 Å². The average molecular weight is 388 g/mol. The first-order chi connectivity index (χ1) is 13.1. The first-order valence-corrected chi connectivity index (χ1v) is 10.5. The highest BCUT2D eigenvalue weighted by atomic mass is 32.1. The maximum Gasteiger partial charge on any atom is 0.209 e. The van der Waals surface area contributed by atoms with E-state index in [2.05, 4.69) is 24.5 Å². The molecule has 5 nitrogen and oxygen atoms in total. The Hall–Kier alpha value is -2.08. The number of amides is 1. The highest BCUT2D eigenvalue weighted by Gasteiger charge is 2.24. The van der Waals surface area contributed by atoms with Crippen molar-refractivity contribution in [2.24, 2.45) is 5.92 Å². The molecule has 1 N–H and O–H groups in total. The van der Waals surface area contributed by atoms with Crippen LogP contribution in [0.4, 0.5) is 5.13 Å². The van der Waals surface area contributed by atoms with Gasteiger partial charge in [-0.25, -0.2) is 4.98 Å². The van der Waals surface area contributed by atoms with E-state index in [1.54, 1.807) is 18.4 Å². The fourth-order valence-corrected chi connectivity index (χ4v) is 4.45. The van der Waals surface area contributed by atoms with Crippen molar-refractivity contribution < 1.29 is 9.53 Å². The molecule has 2 aromatic rings. The summed E-state index contributed by atoms with van der Waals surface area (Å²) in [6.07, 6.45) is 5.54. The number of para-hydroxylation sites is 1. The fraction of sp³-hybridized carbons (Fsp3) is 0.524. The van der Waals surface area contributed by atoms with Crippen LogP contribution in [0.5, 0.6) is 5.75 Å². The van der Waals surface area contributed by atoms with Gasteiger partial charge >= 0.3 is 0 Å². The monoisotopic (exact) mass is 387 g/mol.